The van der Waals surface area contributed by atoms with E-state index in [0.29, 0.717) is 5.92 Å². The van der Waals surface area contributed by atoms with Gasteiger partial charge in [-0.05, 0) is 36.5 Å². The van der Waals surface area contributed by atoms with Gasteiger partial charge < -0.3 is 15.8 Å². The topological polar surface area (TPSA) is 64.4 Å². The number of ether oxygens (including phenoxy) is 1. The Labute approximate surface area is 108 Å². The van der Waals surface area contributed by atoms with E-state index in [0.717, 1.165) is 37.3 Å². The van der Waals surface area contributed by atoms with Crippen molar-refractivity contribution in [1.82, 2.24) is 0 Å². The summed E-state index contributed by atoms with van der Waals surface area (Å²) in [7, 11) is 0. The highest BCUT2D eigenvalue weighted by Gasteiger charge is 2.22. The third-order valence-corrected chi connectivity index (χ3v) is 3.39. The first-order valence-electron chi connectivity index (χ1n) is 6.37. The van der Waals surface area contributed by atoms with Crippen LogP contribution < -0.4 is 11.1 Å². The molecule has 98 valence electrons. The lowest BCUT2D eigenvalue weighted by atomic mass is 9.88. The quantitative estimate of drug-likeness (QED) is 0.860. The zero-order valence-electron chi connectivity index (χ0n) is 10.7. The predicted octanol–water partition coefficient (Wildman–Crippen LogP) is 2.07. The van der Waals surface area contributed by atoms with Gasteiger partial charge in [-0.2, -0.15) is 0 Å². The fraction of sp³-hybridized carbons (Fsp3) is 0.500. The molecule has 0 bridgehead atoms. The van der Waals surface area contributed by atoms with Gasteiger partial charge in [-0.25, -0.2) is 0 Å². The number of amides is 1. The Morgan fingerprint density at radius 2 is 1.94 bits per heavy atom. The van der Waals surface area contributed by atoms with Gasteiger partial charge >= 0.3 is 0 Å². The summed E-state index contributed by atoms with van der Waals surface area (Å²) < 4.78 is 5.35. The van der Waals surface area contributed by atoms with E-state index < -0.39 is 0 Å². The fourth-order valence-corrected chi connectivity index (χ4v) is 2.34. The molecule has 18 heavy (non-hydrogen) atoms. The summed E-state index contributed by atoms with van der Waals surface area (Å²) in [5, 5.41) is 2.75. The molecule has 0 aromatic heterocycles. The summed E-state index contributed by atoms with van der Waals surface area (Å²) in [5.41, 5.74) is 8.21. The highest BCUT2D eigenvalue weighted by Crippen LogP contribution is 2.28. The summed E-state index contributed by atoms with van der Waals surface area (Å²) >= 11 is 0. The first-order valence-corrected chi connectivity index (χ1v) is 6.37. The summed E-state index contributed by atoms with van der Waals surface area (Å²) in [6.45, 7) is 3.12. The molecule has 1 heterocycles. The maximum atomic E-state index is 10.9. The summed E-state index contributed by atoms with van der Waals surface area (Å²) in [5.74, 6) is 0.432. The summed E-state index contributed by atoms with van der Waals surface area (Å²) in [6.07, 6.45) is 2.04. The zero-order chi connectivity index (χ0) is 13.0. The Morgan fingerprint density at radius 3 is 2.50 bits per heavy atom. The summed E-state index contributed by atoms with van der Waals surface area (Å²) in [6, 6.07) is 7.84. The number of nitrogens with two attached hydrogens (primary N) is 1. The van der Waals surface area contributed by atoms with Crippen molar-refractivity contribution in [2.75, 3.05) is 18.5 Å². The first kappa shape index (κ1) is 13.1. The van der Waals surface area contributed by atoms with Gasteiger partial charge in [0.1, 0.15) is 0 Å². The van der Waals surface area contributed by atoms with E-state index in [9.17, 15) is 4.79 Å². The van der Waals surface area contributed by atoms with Crippen LogP contribution in [0.1, 0.15) is 31.4 Å². The van der Waals surface area contributed by atoms with Crippen LogP contribution >= 0.6 is 0 Å². The number of carbonyl (C=O) groups excluding carboxylic acids is 1. The molecule has 2 rings (SSSR count). The number of carbonyl (C=O) groups is 1. The minimum absolute atomic E-state index is 0.0558. The molecule has 4 heteroatoms. The normalized spacial score (nSPS) is 18.3. The van der Waals surface area contributed by atoms with Crippen LogP contribution in [0.2, 0.25) is 0 Å². The van der Waals surface area contributed by atoms with Crippen molar-refractivity contribution in [2.24, 2.45) is 11.7 Å². The molecular formula is C14H20N2O2. The molecule has 1 amide bonds. The molecule has 1 aromatic carbocycles. The Bertz CT molecular complexity index is 397. The Balaban J connectivity index is 2.01. The second-order valence-corrected chi connectivity index (χ2v) is 4.78. The van der Waals surface area contributed by atoms with Crippen molar-refractivity contribution in [2.45, 2.75) is 25.8 Å². The molecule has 1 atom stereocenters. The van der Waals surface area contributed by atoms with Gasteiger partial charge in [-0.1, -0.05) is 12.1 Å². The van der Waals surface area contributed by atoms with Gasteiger partial charge in [-0.3, -0.25) is 4.79 Å². The van der Waals surface area contributed by atoms with Crippen molar-refractivity contribution < 1.29 is 9.53 Å². The molecule has 1 aromatic rings. The van der Waals surface area contributed by atoms with Gasteiger partial charge in [0.25, 0.3) is 0 Å². The number of hydrogen-bond acceptors (Lipinski definition) is 3. The van der Waals surface area contributed by atoms with E-state index in [1.54, 1.807) is 0 Å². The fourth-order valence-electron chi connectivity index (χ4n) is 2.34. The van der Waals surface area contributed by atoms with Gasteiger partial charge in [0, 0.05) is 31.9 Å². The van der Waals surface area contributed by atoms with E-state index in [4.69, 9.17) is 10.5 Å². The third-order valence-electron chi connectivity index (χ3n) is 3.39. The van der Waals surface area contributed by atoms with Crippen LogP contribution in [0.4, 0.5) is 5.69 Å². The molecule has 4 nitrogen and oxygen atoms in total. The smallest absolute Gasteiger partial charge is 0.221 e. The Hall–Kier alpha value is -1.39. The molecule has 1 aliphatic rings. The maximum absolute atomic E-state index is 10.9. The third kappa shape index (κ3) is 3.31. The highest BCUT2D eigenvalue weighted by atomic mass is 16.5. The molecule has 0 radical (unpaired) electrons. The molecule has 0 spiro atoms. The number of rotatable bonds is 3. The van der Waals surface area contributed by atoms with E-state index in [2.05, 4.69) is 5.32 Å². The highest BCUT2D eigenvalue weighted by molar-refractivity contribution is 5.88. The summed E-state index contributed by atoms with van der Waals surface area (Å²) in [4.78, 5) is 10.9. The monoisotopic (exact) mass is 248 g/mol. The average molecular weight is 248 g/mol. The average Bonchev–Trinajstić information content (AvgIpc) is 2.39. The molecule has 1 saturated heterocycles. The van der Waals surface area contributed by atoms with Crippen molar-refractivity contribution in [1.29, 1.82) is 0 Å². The lowest BCUT2D eigenvalue weighted by molar-refractivity contribution is -0.114. The Kier molecular flexibility index (Phi) is 4.33. The standard InChI is InChI=1S/C14H20N2O2/c1-10(17)16-13-4-2-11(3-5-13)14(15)12-6-8-18-9-7-12/h2-5,12,14H,6-9,15H2,1H3,(H,16,17)/t14-/m0/s1. The van der Waals surface area contributed by atoms with Gasteiger partial charge in [0.2, 0.25) is 5.91 Å². The largest absolute Gasteiger partial charge is 0.381 e. The van der Waals surface area contributed by atoms with Crippen LogP contribution in [0, 0.1) is 5.92 Å². The van der Waals surface area contributed by atoms with Crippen molar-refractivity contribution in [3.63, 3.8) is 0 Å². The van der Waals surface area contributed by atoms with Crippen LogP contribution in [0.15, 0.2) is 24.3 Å². The second kappa shape index (κ2) is 5.98. The molecule has 0 saturated carbocycles. The van der Waals surface area contributed by atoms with Crippen LogP contribution in [0.25, 0.3) is 0 Å². The molecule has 1 aliphatic heterocycles. The van der Waals surface area contributed by atoms with Crippen LogP contribution in [0.3, 0.4) is 0 Å². The van der Waals surface area contributed by atoms with Gasteiger partial charge in [0.15, 0.2) is 0 Å². The minimum Gasteiger partial charge on any atom is -0.381 e. The lowest BCUT2D eigenvalue weighted by Gasteiger charge is -2.28. The number of benzene rings is 1. The molecule has 3 N–H and O–H groups in total. The van der Waals surface area contributed by atoms with Gasteiger partial charge in [0.05, 0.1) is 0 Å². The van der Waals surface area contributed by atoms with Crippen molar-refractivity contribution >= 4 is 11.6 Å². The molecule has 0 unspecified atom stereocenters. The minimum atomic E-state index is -0.0588. The van der Waals surface area contributed by atoms with E-state index in [1.807, 2.05) is 24.3 Å². The van der Waals surface area contributed by atoms with Gasteiger partial charge in [-0.15, -0.1) is 0 Å². The predicted molar refractivity (Wildman–Crippen MR) is 71.2 cm³/mol. The van der Waals surface area contributed by atoms with E-state index in [-0.39, 0.29) is 11.9 Å². The van der Waals surface area contributed by atoms with Crippen molar-refractivity contribution in [3.05, 3.63) is 29.8 Å². The lowest BCUT2D eigenvalue weighted by Crippen LogP contribution is -2.27. The molecule has 1 fully saturated rings. The molecular weight excluding hydrogens is 228 g/mol. The van der Waals surface area contributed by atoms with Crippen LogP contribution in [-0.4, -0.2) is 19.1 Å². The number of nitrogens with one attached hydrogen (secondary N) is 1. The van der Waals surface area contributed by atoms with E-state index >= 15 is 0 Å². The van der Waals surface area contributed by atoms with Crippen LogP contribution in [0.5, 0.6) is 0 Å². The van der Waals surface area contributed by atoms with Crippen LogP contribution in [-0.2, 0) is 9.53 Å². The Morgan fingerprint density at radius 1 is 1.33 bits per heavy atom. The zero-order valence-corrected chi connectivity index (χ0v) is 10.7. The number of hydrogen-bond donors (Lipinski definition) is 2. The maximum Gasteiger partial charge on any atom is 0.221 e. The molecule has 0 aliphatic carbocycles. The number of anilines is 1. The van der Waals surface area contributed by atoms with Crippen molar-refractivity contribution in [3.8, 4) is 0 Å². The van der Waals surface area contributed by atoms with E-state index in [1.165, 1.54) is 6.92 Å². The first-order chi connectivity index (χ1) is 8.66. The second-order valence-electron chi connectivity index (χ2n) is 4.78. The SMILES string of the molecule is CC(=O)Nc1ccc([C@H](N)C2CCOCC2)cc1.